The molecule has 0 aromatic heterocycles. The van der Waals surface area contributed by atoms with Gasteiger partial charge in [-0.15, -0.1) is 0 Å². The molecule has 0 amide bonds. The number of nitrogens with zero attached hydrogens (tertiary/aromatic N) is 2. The summed E-state index contributed by atoms with van der Waals surface area (Å²) in [6.07, 6.45) is -3.17. The third-order valence-electron chi connectivity index (χ3n) is 4.82. The van der Waals surface area contributed by atoms with Gasteiger partial charge in [0.15, 0.2) is 12.3 Å². The van der Waals surface area contributed by atoms with Crippen LogP contribution in [0.4, 0.5) is 8.78 Å². The van der Waals surface area contributed by atoms with Crippen molar-refractivity contribution < 1.29 is 23.4 Å². The van der Waals surface area contributed by atoms with Gasteiger partial charge in [-0.2, -0.15) is 0 Å². The lowest BCUT2D eigenvalue weighted by Crippen LogP contribution is -2.44. The molecule has 0 aromatic rings. The molecule has 9 heteroatoms. The molecule has 6 atom stereocenters. The first-order valence-corrected chi connectivity index (χ1v) is 7.40. The van der Waals surface area contributed by atoms with Gasteiger partial charge in [0.25, 0.3) is 0 Å². The minimum atomic E-state index is -1.56. The summed E-state index contributed by atoms with van der Waals surface area (Å²) in [5.41, 5.74) is 0. The van der Waals surface area contributed by atoms with Gasteiger partial charge in [-0.1, -0.05) is 0 Å². The van der Waals surface area contributed by atoms with Crippen LogP contribution in [-0.2, 0) is 4.79 Å². The smallest absolute Gasteiger partial charge is 0.244 e. The Balaban J connectivity index is 2.02. The minimum Gasteiger partial charge on any atom is -0.299 e. The number of ketones is 1. The van der Waals surface area contributed by atoms with Gasteiger partial charge in [-0.25, -0.2) is 8.78 Å². The van der Waals surface area contributed by atoms with E-state index < -0.39 is 46.1 Å². The van der Waals surface area contributed by atoms with Gasteiger partial charge in [0.1, 0.15) is 5.78 Å². The van der Waals surface area contributed by atoms with Crippen molar-refractivity contribution in [2.45, 2.75) is 63.0 Å². The molecule has 2 rings (SSSR count). The molecule has 2 saturated carbocycles. The predicted molar refractivity (Wildman–Crippen MR) is 71.0 cm³/mol. The molecule has 22 heavy (non-hydrogen) atoms. The van der Waals surface area contributed by atoms with Crippen LogP contribution in [0.3, 0.4) is 0 Å². The molecular weight excluding hydrogens is 302 g/mol. The lowest BCUT2D eigenvalue weighted by atomic mass is 9.73. The molecule has 6 unspecified atom stereocenters. The van der Waals surface area contributed by atoms with Gasteiger partial charge in [0.05, 0.1) is 0 Å². The highest BCUT2D eigenvalue weighted by atomic mass is 19.1. The van der Waals surface area contributed by atoms with Crippen molar-refractivity contribution in [3.05, 3.63) is 20.2 Å². The number of carbonyl (C=O) groups excluding carboxylic acids is 1. The van der Waals surface area contributed by atoms with E-state index in [1.54, 1.807) is 0 Å². The topological polar surface area (TPSA) is 103 Å². The number of nitro groups is 2. The monoisotopic (exact) mass is 320 g/mol. The Morgan fingerprint density at radius 3 is 1.50 bits per heavy atom. The van der Waals surface area contributed by atoms with Gasteiger partial charge < -0.3 is 0 Å². The summed E-state index contributed by atoms with van der Waals surface area (Å²) in [6, 6.07) is -2.79. The van der Waals surface area contributed by atoms with Crippen LogP contribution in [0.5, 0.6) is 0 Å². The second kappa shape index (κ2) is 6.62. The summed E-state index contributed by atoms with van der Waals surface area (Å²) in [6.45, 7) is 0. The fourth-order valence-corrected chi connectivity index (χ4v) is 3.51. The first-order chi connectivity index (χ1) is 10.3. The number of Topliss-reactive ketones (excluding diaryl/α,β-unsaturated/α-hetero) is 1. The quantitative estimate of drug-likeness (QED) is 0.583. The fraction of sp³-hybridized carbons (Fsp3) is 0.923. The molecular formula is C13H18F2N2O5. The lowest BCUT2D eigenvalue weighted by Gasteiger charge is -2.31. The third-order valence-corrected chi connectivity index (χ3v) is 4.82. The Morgan fingerprint density at radius 2 is 1.18 bits per heavy atom. The van der Waals surface area contributed by atoms with E-state index in [-0.39, 0.29) is 44.3 Å². The molecule has 0 aliphatic heterocycles. The Bertz CT molecular complexity index is 435. The standard InChI is InChI=1S/C13H18F2N2O5/c14-9-3-1-7(5-11(9)16(19)20)13(18)8-2-4-10(15)12(6-8)17(21)22/h7-12H,1-6H2. The predicted octanol–water partition coefficient (Wildman–Crippen LogP) is 2.12. The zero-order valence-corrected chi connectivity index (χ0v) is 11.9. The molecule has 0 bridgehead atoms. The highest BCUT2D eigenvalue weighted by molar-refractivity contribution is 5.83. The molecule has 0 radical (unpaired) electrons. The maximum Gasteiger partial charge on any atom is 0.244 e. The number of rotatable bonds is 4. The molecule has 0 saturated heterocycles. The van der Waals surface area contributed by atoms with Crippen LogP contribution in [0.1, 0.15) is 38.5 Å². The second-order valence-corrected chi connectivity index (χ2v) is 6.16. The Labute approximate surface area is 125 Å². The van der Waals surface area contributed by atoms with Crippen molar-refractivity contribution in [3.8, 4) is 0 Å². The van der Waals surface area contributed by atoms with E-state index in [9.17, 15) is 33.8 Å². The summed E-state index contributed by atoms with van der Waals surface area (Å²) in [7, 11) is 0. The minimum absolute atomic E-state index is 0.0564. The Hall–Kier alpha value is -1.67. The van der Waals surface area contributed by atoms with E-state index in [2.05, 4.69) is 0 Å². The molecule has 124 valence electrons. The summed E-state index contributed by atoms with van der Waals surface area (Å²) in [5.74, 6) is -1.62. The molecule has 0 N–H and O–H groups in total. The van der Waals surface area contributed by atoms with Gasteiger partial charge in [-0.05, 0) is 25.7 Å². The van der Waals surface area contributed by atoms with Gasteiger partial charge in [-0.3, -0.25) is 25.0 Å². The van der Waals surface area contributed by atoms with Crippen molar-refractivity contribution in [3.63, 3.8) is 0 Å². The van der Waals surface area contributed by atoms with Crippen molar-refractivity contribution in [2.24, 2.45) is 11.8 Å². The van der Waals surface area contributed by atoms with Crippen molar-refractivity contribution in [1.82, 2.24) is 0 Å². The van der Waals surface area contributed by atoms with Crippen molar-refractivity contribution in [2.75, 3.05) is 0 Å². The zero-order chi connectivity index (χ0) is 16.4. The second-order valence-electron chi connectivity index (χ2n) is 6.16. The lowest BCUT2D eigenvalue weighted by molar-refractivity contribution is -0.536. The molecule has 2 aliphatic rings. The van der Waals surface area contributed by atoms with E-state index in [0.29, 0.717) is 0 Å². The first kappa shape index (κ1) is 16.7. The number of hydrogen-bond acceptors (Lipinski definition) is 5. The third kappa shape index (κ3) is 3.38. The summed E-state index contributed by atoms with van der Waals surface area (Å²) < 4.78 is 27.0. The highest BCUT2D eigenvalue weighted by Gasteiger charge is 2.46. The largest absolute Gasteiger partial charge is 0.299 e. The molecule has 0 spiro atoms. The van der Waals surface area contributed by atoms with E-state index in [4.69, 9.17) is 0 Å². The maximum absolute atomic E-state index is 13.5. The van der Waals surface area contributed by atoms with Gasteiger partial charge >= 0.3 is 0 Å². The highest BCUT2D eigenvalue weighted by Crippen LogP contribution is 2.36. The summed E-state index contributed by atoms with van der Waals surface area (Å²) in [5, 5.41) is 21.6. The average Bonchev–Trinajstić information content (AvgIpc) is 2.47. The Morgan fingerprint density at radius 1 is 0.818 bits per heavy atom. The summed E-state index contributed by atoms with van der Waals surface area (Å²) >= 11 is 0. The van der Waals surface area contributed by atoms with Crippen molar-refractivity contribution in [1.29, 1.82) is 0 Å². The normalized spacial score (nSPS) is 39.2. The Kier molecular flexibility index (Phi) is 5.02. The average molecular weight is 320 g/mol. The number of carbonyl (C=O) groups is 1. The molecule has 7 nitrogen and oxygen atoms in total. The van der Waals surface area contributed by atoms with E-state index in [1.165, 1.54) is 0 Å². The van der Waals surface area contributed by atoms with E-state index in [0.717, 1.165) is 0 Å². The number of hydrogen-bond donors (Lipinski definition) is 0. The van der Waals surface area contributed by atoms with Gasteiger partial charge in [0, 0.05) is 34.5 Å². The first-order valence-electron chi connectivity index (χ1n) is 7.40. The van der Waals surface area contributed by atoms with Gasteiger partial charge in [0.2, 0.25) is 12.1 Å². The van der Waals surface area contributed by atoms with Crippen LogP contribution >= 0.6 is 0 Å². The van der Waals surface area contributed by atoms with Crippen LogP contribution in [0.25, 0.3) is 0 Å². The molecule has 0 aromatic carbocycles. The fourth-order valence-electron chi connectivity index (χ4n) is 3.51. The van der Waals surface area contributed by atoms with Crippen molar-refractivity contribution >= 4 is 5.78 Å². The molecule has 2 fully saturated rings. The molecule has 0 heterocycles. The van der Waals surface area contributed by atoms with Crippen LogP contribution in [0, 0.1) is 32.1 Å². The van der Waals surface area contributed by atoms with E-state index in [1.807, 2.05) is 0 Å². The zero-order valence-electron chi connectivity index (χ0n) is 11.9. The SMILES string of the molecule is O=C(C1CCC(F)C([N+](=O)[O-])C1)C1CCC(F)C([N+](=O)[O-])C1. The summed E-state index contributed by atoms with van der Waals surface area (Å²) in [4.78, 5) is 32.6. The maximum atomic E-state index is 13.5. The molecule has 2 aliphatic carbocycles. The van der Waals surface area contributed by atoms with Crippen LogP contribution in [0.15, 0.2) is 0 Å². The number of alkyl halides is 2. The van der Waals surface area contributed by atoms with E-state index >= 15 is 0 Å². The number of halogens is 2. The van der Waals surface area contributed by atoms with Crippen LogP contribution in [0.2, 0.25) is 0 Å². The van der Waals surface area contributed by atoms with Crippen LogP contribution in [-0.4, -0.2) is 40.1 Å². The van der Waals surface area contributed by atoms with Crippen LogP contribution < -0.4 is 0 Å².